The first-order valence-corrected chi connectivity index (χ1v) is 9.61. The van der Waals surface area contributed by atoms with Gasteiger partial charge in [0.1, 0.15) is 6.07 Å². The Morgan fingerprint density at radius 1 is 1.10 bits per heavy atom. The Labute approximate surface area is 170 Å². The molecule has 4 rings (SSSR count). The lowest BCUT2D eigenvalue weighted by atomic mass is 9.74. The normalized spacial score (nSPS) is 25.7. The van der Waals surface area contributed by atoms with Crippen LogP contribution in [0.4, 0.5) is 0 Å². The molecule has 4 unspecified atom stereocenters. The Kier molecular flexibility index (Phi) is 5.30. The molecular formula is C22H24N4O3. The Morgan fingerprint density at radius 3 is 2.59 bits per heavy atom. The van der Waals surface area contributed by atoms with E-state index < -0.39 is 0 Å². The van der Waals surface area contributed by atoms with Gasteiger partial charge in [-0.25, -0.2) is 10.9 Å². The van der Waals surface area contributed by atoms with Crippen LogP contribution in [-0.4, -0.2) is 19.9 Å². The molecule has 4 atom stereocenters. The van der Waals surface area contributed by atoms with Crippen LogP contribution in [0.2, 0.25) is 0 Å². The van der Waals surface area contributed by atoms with Gasteiger partial charge in [0.25, 0.3) is 0 Å². The summed E-state index contributed by atoms with van der Waals surface area (Å²) in [6.07, 6.45) is -0.361. The molecule has 0 aromatic heterocycles. The van der Waals surface area contributed by atoms with Crippen molar-refractivity contribution >= 4 is 0 Å². The summed E-state index contributed by atoms with van der Waals surface area (Å²) in [5.41, 5.74) is 15.1. The fraction of sp³-hybridized carbons (Fsp3) is 0.318. The van der Waals surface area contributed by atoms with E-state index in [9.17, 15) is 5.26 Å². The van der Waals surface area contributed by atoms with Crippen LogP contribution in [0.25, 0.3) is 0 Å². The molecule has 150 valence electrons. The number of nitrogens with two attached hydrogens (primary N) is 1. The summed E-state index contributed by atoms with van der Waals surface area (Å²) in [4.78, 5) is 0. The zero-order valence-electron chi connectivity index (χ0n) is 16.4. The van der Waals surface area contributed by atoms with Crippen molar-refractivity contribution in [2.75, 3.05) is 13.7 Å². The van der Waals surface area contributed by atoms with Gasteiger partial charge in [-0.3, -0.25) is 0 Å². The molecular weight excluding hydrogens is 368 g/mol. The van der Waals surface area contributed by atoms with Crippen molar-refractivity contribution in [1.82, 2.24) is 10.9 Å². The Hall–Kier alpha value is -3.21. The van der Waals surface area contributed by atoms with Gasteiger partial charge in [-0.2, -0.15) is 5.26 Å². The predicted octanol–water partition coefficient (Wildman–Crippen LogP) is 2.69. The molecule has 0 radical (unpaired) electrons. The highest BCUT2D eigenvalue weighted by molar-refractivity contribution is 5.49. The summed E-state index contributed by atoms with van der Waals surface area (Å²) < 4.78 is 17.0. The minimum absolute atomic E-state index is 0.0554. The van der Waals surface area contributed by atoms with Crippen molar-refractivity contribution in [3.05, 3.63) is 71.1 Å². The van der Waals surface area contributed by atoms with Crippen molar-refractivity contribution in [2.45, 2.75) is 25.1 Å². The minimum atomic E-state index is -0.361. The van der Waals surface area contributed by atoms with Crippen molar-refractivity contribution in [3.8, 4) is 17.6 Å². The molecule has 2 heterocycles. The second kappa shape index (κ2) is 8.03. The Morgan fingerprint density at radius 2 is 1.90 bits per heavy atom. The third kappa shape index (κ3) is 3.37. The molecule has 0 saturated carbocycles. The van der Waals surface area contributed by atoms with Gasteiger partial charge in [0.2, 0.25) is 5.88 Å². The number of hydrogen-bond donors (Lipinski definition) is 3. The smallest absolute Gasteiger partial charge is 0.200 e. The lowest BCUT2D eigenvalue weighted by Crippen LogP contribution is -2.41. The lowest BCUT2D eigenvalue weighted by molar-refractivity contribution is 0.0340. The summed E-state index contributed by atoms with van der Waals surface area (Å²) in [7, 11) is 1.61. The standard InChI is InChI=1S/C22H24N4O3/c1-3-28-16-10-9-14(11-17(16)27-2)18-15(12-23)21(24)29-22-19(18)20(25-26-22)13-7-5-4-6-8-13/h4-11,18-20,22,25-26H,3,24H2,1-2H3. The van der Waals surface area contributed by atoms with Crippen LogP contribution in [-0.2, 0) is 4.74 Å². The number of hydrogen-bond acceptors (Lipinski definition) is 7. The molecule has 0 spiro atoms. The number of fused-ring (bicyclic) bond motifs is 1. The van der Waals surface area contributed by atoms with Gasteiger partial charge in [-0.1, -0.05) is 36.4 Å². The molecule has 1 fully saturated rings. The van der Waals surface area contributed by atoms with Crippen LogP contribution >= 0.6 is 0 Å². The summed E-state index contributed by atoms with van der Waals surface area (Å²) in [6.45, 7) is 2.46. The van der Waals surface area contributed by atoms with Gasteiger partial charge in [0.05, 0.1) is 25.3 Å². The lowest BCUT2D eigenvalue weighted by Gasteiger charge is -2.36. The molecule has 2 aromatic carbocycles. The zero-order chi connectivity index (χ0) is 20.4. The molecule has 7 nitrogen and oxygen atoms in total. The van der Waals surface area contributed by atoms with E-state index in [2.05, 4.69) is 29.1 Å². The van der Waals surface area contributed by atoms with E-state index in [0.29, 0.717) is 23.7 Å². The second-order valence-corrected chi connectivity index (χ2v) is 7.00. The van der Waals surface area contributed by atoms with Crippen LogP contribution in [0.5, 0.6) is 11.5 Å². The molecule has 2 aromatic rings. The molecule has 2 aliphatic rings. The number of rotatable bonds is 5. The first-order chi connectivity index (χ1) is 14.2. The van der Waals surface area contributed by atoms with Crippen LogP contribution in [0, 0.1) is 17.2 Å². The number of nitrogens with zero attached hydrogens (tertiary/aromatic N) is 1. The van der Waals surface area contributed by atoms with E-state index in [0.717, 1.165) is 11.1 Å². The van der Waals surface area contributed by atoms with E-state index in [1.54, 1.807) is 7.11 Å². The molecule has 0 bridgehead atoms. The van der Waals surface area contributed by atoms with E-state index in [1.807, 2.05) is 43.3 Å². The maximum absolute atomic E-state index is 9.87. The predicted molar refractivity (Wildman–Crippen MR) is 108 cm³/mol. The average molecular weight is 392 g/mol. The SMILES string of the molecule is CCOc1ccc(C2C(C#N)=C(N)OC3NNC(c4ccccc4)C32)cc1OC. The third-order valence-electron chi connectivity index (χ3n) is 5.46. The van der Waals surface area contributed by atoms with Crippen LogP contribution in [0.1, 0.15) is 30.0 Å². The van der Waals surface area contributed by atoms with Crippen molar-refractivity contribution in [2.24, 2.45) is 11.7 Å². The molecule has 0 aliphatic carbocycles. The molecule has 29 heavy (non-hydrogen) atoms. The van der Waals surface area contributed by atoms with Gasteiger partial charge >= 0.3 is 0 Å². The Bertz CT molecular complexity index is 954. The van der Waals surface area contributed by atoms with Gasteiger partial charge in [-0.15, -0.1) is 0 Å². The maximum Gasteiger partial charge on any atom is 0.200 e. The first-order valence-electron chi connectivity index (χ1n) is 9.61. The number of nitrogens with one attached hydrogen (secondary N) is 2. The van der Waals surface area contributed by atoms with Gasteiger partial charge in [0, 0.05) is 11.8 Å². The van der Waals surface area contributed by atoms with Crippen molar-refractivity contribution in [1.29, 1.82) is 5.26 Å². The highest BCUT2D eigenvalue weighted by Crippen LogP contribution is 2.48. The van der Waals surface area contributed by atoms with Gasteiger partial charge in [-0.05, 0) is 30.2 Å². The quantitative estimate of drug-likeness (QED) is 0.719. The minimum Gasteiger partial charge on any atom is -0.493 e. The molecule has 7 heteroatoms. The summed E-state index contributed by atoms with van der Waals surface area (Å²) in [5, 5.41) is 9.87. The second-order valence-electron chi connectivity index (χ2n) is 7.00. The number of benzene rings is 2. The van der Waals surface area contributed by atoms with E-state index in [4.69, 9.17) is 19.9 Å². The van der Waals surface area contributed by atoms with Crippen molar-refractivity contribution in [3.63, 3.8) is 0 Å². The zero-order valence-corrected chi connectivity index (χ0v) is 16.4. The van der Waals surface area contributed by atoms with Gasteiger partial charge < -0.3 is 19.9 Å². The fourth-order valence-electron chi connectivity index (χ4n) is 4.19. The number of nitriles is 1. The number of hydrazine groups is 1. The molecule has 0 amide bonds. The molecule has 2 aliphatic heterocycles. The number of ether oxygens (including phenoxy) is 3. The van der Waals surface area contributed by atoms with Crippen LogP contribution in [0.15, 0.2) is 60.0 Å². The number of methoxy groups -OCH3 is 1. The molecule has 1 saturated heterocycles. The topological polar surface area (TPSA) is 102 Å². The van der Waals surface area contributed by atoms with Crippen LogP contribution < -0.4 is 26.1 Å². The number of allylic oxidation sites excluding steroid dienone is 1. The summed E-state index contributed by atoms with van der Waals surface area (Å²) in [5.74, 6) is 1.09. The first kappa shape index (κ1) is 19.1. The van der Waals surface area contributed by atoms with Crippen molar-refractivity contribution < 1.29 is 14.2 Å². The average Bonchev–Trinajstić information content (AvgIpc) is 3.17. The molecule has 4 N–H and O–H groups in total. The van der Waals surface area contributed by atoms with E-state index >= 15 is 0 Å². The van der Waals surface area contributed by atoms with Gasteiger partial charge in [0.15, 0.2) is 17.7 Å². The largest absolute Gasteiger partial charge is 0.493 e. The van der Waals surface area contributed by atoms with E-state index in [-0.39, 0.29) is 30.0 Å². The highest BCUT2D eigenvalue weighted by atomic mass is 16.5. The Balaban J connectivity index is 1.81. The monoisotopic (exact) mass is 392 g/mol. The summed E-state index contributed by atoms with van der Waals surface area (Å²) >= 11 is 0. The highest BCUT2D eigenvalue weighted by Gasteiger charge is 2.49. The maximum atomic E-state index is 9.87. The van der Waals surface area contributed by atoms with Crippen LogP contribution in [0.3, 0.4) is 0 Å². The summed E-state index contributed by atoms with van der Waals surface area (Å²) in [6, 6.07) is 18.1. The third-order valence-corrected chi connectivity index (χ3v) is 5.46. The fourth-order valence-corrected chi connectivity index (χ4v) is 4.19. The van der Waals surface area contributed by atoms with E-state index in [1.165, 1.54) is 0 Å².